The van der Waals surface area contributed by atoms with Crippen molar-refractivity contribution >= 4 is 0 Å². The predicted molar refractivity (Wildman–Crippen MR) is 105 cm³/mol. The van der Waals surface area contributed by atoms with Crippen LogP contribution in [-0.4, -0.2) is 46.3 Å². The maximum absolute atomic E-state index is 11.2. The van der Waals surface area contributed by atoms with Crippen LogP contribution in [0.1, 0.15) is 84.5 Å². The predicted octanol–water partition coefficient (Wildman–Crippen LogP) is 3.85. The first-order valence-electron chi connectivity index (χ1n) is 10.7. The van der Waals surface area contributed by atoms with Crippen LogP contribution >= 0.6 is 0 Å². The summed E-state index contributed by atoms with van der Waals surface area (Å²) in [5.74, 6) is -0.0789. The minimum absolute atomic E-state index is 0.0789. The molecule has 1 N–H and O–H groups in total. The molecule has 10 nitrogen and oxygen atoms in total. The van der Waals surface area contributed by atoms with Crippen LogP contribution in [0.3, 0.4) is 0 Å². The lowest BCUT2D eigenvalue weighted by Gasteiger charge is -2.36. The van der Waals surface area contributed by atoms with Gasteiger partial charge in [0.15, 0.2) is 0 Å². The molecule has 0 bridgehead atoms. The van der Waals surface area contributed by atoms with Crippen molar-refractivity contribution in [1.82, 2.24) is 0 Å². The van der Waals surface area contributed by atoms with E-state index in [0.29, 0.717) is 25.7 Å². The lowest BCUT2D eigenvalue weighted by molar-refractivity contribution is -0.761. The maximum atomic E-state index is 11.2. The second kappa shape index (κ2) is 13.5. The van der Waals surface area contributed by atoms with Crippen molar-refractivity contribution in [3.05, 3.63) is 20.2 Å². The van der Waals surface area contributed by atoms with Gasteiger partial charge in [0.25, 0.3) is 10.2 Å². The Balaban J connectivity index is 2.61. The second-order valence-corrected chi connectivity index (χ2v) is 7.93. The van der Waals surface area contributed by atoms with Gasteiger partial charge < -0.3 is 19.5 Å². The molecule has 0 spiro atoms. The largest absolute Gasteiger partial charge is 0.385 e. The highest BCUT2D eigenvalue weighted by Crippen LogP contribution is 2.38. The van der Waals surface area contributed by atoms with Gasteiger partial charge in [-0.1, -0.05) is 71.6 Å². The average Bonchev–Trinajstić information content (AvgIpc) is 3.11. The van der Waals surface area contributed by atoms with E-state index in [1.54, 1.807) is 0 Å². The smallest absolute Gasteiger partial charge is 0.294 e. The number of unbranched alkanes of at least 4 members (excludes halogenated alkanes) is 7. The van der Waals surface area contributed by atoms with Gasteiger partial charge in [-0.3, -0.25) is 0 Å². The van der Waals surface area contributed by atoms with E-state index < -0.39 is 34.6 Å². The van der Waals surface area contributed by atoms with E-state index in [2.05, 4.69) is 16.6 Å². The summed E-state index contributed by atoms with van der Waals surface area (Å²) >= 11 is 0. The molecule has 0 radical (unpaired) electrons. The Morgan fingerprint density at radius 1 is 1.00 bits per heavy atom. The zero-order chi connectivity index (χ0) is 21.7. The first-order valence-corrected chi connectivity index (χ1v) is 10.7. The molecule has 1 heterocycles. The van der Waals surface area contributed by atoms with Gasteiger partial charge in [-0.2, -0.15) is 0 Å². The number of hydrogen-bond donors (Lipinski definition) is 1. The summed E-state index contributed by atoms with van der Waals surface area (Å²) in [6.07, 6.45) is 8.98. The number of nitrogens with zero attached hydrogens (tertiary/aromatic N) is 2. The molecule has 0 saturated carbocycles. The number of ether oxygens (including phenoxy) is 1. The zero-order valence-electron chi connectivity index (χ0n) is 17.6. The van der Waals surface area contributed by atoms with Crippen LogP contribution in [0, 0.1) is 26.1 Å². The maximum Gasteiger partial charge on any atom is 0.294 e. The van der Waals surface area contributed by atoms with Gasteiger partial charge in [0, 0.05) is 0 Å². The van der Waals surface area contributed by atoms with Crippen molar-refractivity contribution in [2.45, 2.75) is 102 Å². The van der Waals surface area contributed by atoms with Crippen LogP contribution in [-0.2, 0) is 14.4 Å². The van der Waals surface area contributed by atoms with E-state index in [-0.39, 0.29) is 12.5 Å². The molecular formula is C19H36N2O8. The van der Waals surface area contributed by atoms with Gasteiger partial charge in [-0.25, -0.2) is 0 Å². The number of hydrogen-bond acceptors (Lipinski definition) is 8. The van der Waals surface area contributed by atoms with Crippen molar-refractivity contribution in [2.24, 2.45) is 5.92 Å². The van der Waals surface area contributed by atoms with Crippen molar-refractivity contribution in [3.8, 4) is 0 Å². The summed E-state index contributed by atoms with van der Waals surface area (Å²) in [5.41, 5.74) is -1.51. The molecular weight excluding hydrogens is 384 g/mol. The zero-order valence-corrected chi connectivity index (χ0v) is 17.6. The Morgan fingerprint density at radius 2 is 1.59 bits per heavy atom. The molecule has 0 aliphatic carbocycles. The van der Waals surface area contributed by atoms with Gasteiger partial charge in [0.05, 0.1) is 12.2 Å². The van der Waals surface area contributed by atoms with Crippen LogP contribution in [0.4, 0.5) is 0 Å². The fourth-order valence-corrected chi connectivity index (χ4v) is 4.06. The molecule has 0 amide bonds. The molecule has 0 aromatic heterocycles. The minimum Gasteiger partial charge on any atom is -0.385 e. The van der Waals surface area contributed by atoms with Gasteiger partial charge in [0.1, 0.15) is 18.8 Å². The summed E-state index contributed by atoms with van der Waals surface area (Å²) < 4.78 is 5.85. The summed E-state index contributed by atoms with van der Waals surface area (Å²) in [5, 5.41) is 30.5. The minimum atomic E-state index is -1.51. The van der Waals surface area contributed by atoms with E-state index in [0.717, 1.165) is 19.3 Å². The molecule has 0 aromatic carbocycles. The molecule has 0 aromatic rings. The molecule has 1 aliphatic heterocycles. The Hall–Kier alpha value is -1.68. The molecule has 29 heavy (non-hydrogen) atoms. The monoisotopic (exact) mass is 420 g/mol. The number of rotatable bonds is 17. The van der Waals surface area contributed by atoms with Crippen LogP contribution in [0.25, 0.3) is 0 Å². The number of aliphatic hydroxyl groups is 1. The lowest BCUT2D eigenvalue weighted by Crippen LogP contribution is -2.50. The van der Waals surface area contributed by atoms with Gasteiger partial charge >= 0.3 is 0 Å². The molecule has 4 unspecified atom stereocenters. The van der Waals surface area contributed by atoms with E-state index in [4.69, 9.17) is 4.74 Å². The summed E-state index contributed by atoms with van der Waals surface area (Å²) in [6, 6.07) is 0. The molecule has 1 fully saturated rings. The molecule has 170 valence electrons. The highest BCUT2D eigenvalue weighted by molar-refractivity contribution is 4.96. The molecule has 10 heteroatoms. The van der Waals surface area contributed by atoms with E-state index in [1.165, 1.54) is 25.7 Å². The van der Waals surface area contributed by atoms with Crippen molar-refractivity contribution < 1.29 is 29.7 Å². The van der Waals surface area contributed by atoms with E-state index >= 15 is 0 Å². The van der Waals surface area contributed by atoms with Gasteiger partial charge in [0.2, 0.25) is 0 Å². The third kappa shape index (κ3) is 9.58. The average molecular weight is 421 g/mol. The van der Waals surface area contributed by atoms with Crippen LogP contribution in [0.15, 0.2) is 0 Å². The topological polar surface area (TPSA) is 134 Å². The quantitative estimate of drug-likeness (QED) is 0.213. The van der Waals surface area contributed by atoms with Gasteiger partial charge in [-0.05, 0) is 18.8 Å². The Kier molecular flexibility index (Phi) is 11.8. The van der Waals surface area contributed by atoms with Crippen LogP contribution in [0.2, 0.25) is 0 Å². The second-order valence-electron chi connectivity index (χ2n) is 7.93. The summed E-state index contributed by atoms with van der Waals surface area (Å²) in [7, 11) is 0. The van der Waals surface area contributed by atoms with Gasteiger partial charge in [-0.15, -0.1) is 20.2 Å². The first kappa shape index (κ1) is 25.4. The first-order chi connectivity index (χ1) is 13.8. The summed E-state index contributed by atoms with van der Waals surface area (Å²) in [6.45, 7) is 3.42. The molecule has 1 saturated heterocycles. The fourth-order valence-electron chi connectivity index (χ4n) is 4.06. The lowest BCUT2D eigenvalue weighted by atomic mass is 9.82. The van der Waals surface area contributed by atoms with Crippen LogP contribution in [0.5, 0.6) is 0 Å². The van der Waals surface area contributed by atoms with Crippen molar-refractivity contribution in [2.75, 3.05) is 13.2 Å². The van der Waals surface area contributed by atoms with E-state index in [1.807, 2.05) is 6.92 Å². The Morgan fingerprint density at radius 3 is 2.14 bits per heavy atom. The highest BCUT2D eigenvalue weighted by atomic mass is 17.0. The van der Waals surface area contributed by atoms with E-state index in [9.17, 15) is 25.3 Å². The molecule has 1 rings (SSSR count). The normalized spacial score (nSPS) is 23.5. The molecule has 1 aliphatic rings. The Bertz CT molecular complexity index is 493. The highest BCUT2D eigenvalue weighted by Gasteiger charge is 2.48. The van der Waals surface area contributed by atoms with Crippen molar-refractivity contribution in [3.63, 3.8) is 0 Å². The van der Waals surface area contributed by atoms with Crippen molar-refractivity contribution in [1.29, 1.82) is 0 Å². The fraction of sp³-hybridized carbons (Fsp3) is 1.00. The Labute approximate surface area is 172 Å². The third-order valence-corrected chi connectivity index (χ3v) is 5.64. The third-order valence-electron chi connectivity index (χ3n) is 5.64. The molecule has 4 atom stereocenters. The van der Waals surface area contributed by atoms with Crippen LogP contribution < -0.4 is 0 Å². The summed E-state index contributed by atoms with van der Waals surface area (Å²) in [4.78, 5) is 30.1. The standard InChI is InChI=1S/C19H36N2O8/c1-3-5-6-7-8-9-10-11-12-19(22,15-28-21(25)26)18-16(4-2)13-17(29-18)14-27-20(23)24/h16-18,22H,3-15H2,1-2H3. The SMILES string of the molecule is CCCCCCCCCCC(O)(CO[N+](=O)[O-])C1OC(CO[N+](=O)[O-])CC1CC.